The first kappa shape index (κ1) is 12.7. The van der Waals surface area contributed by atoms with Gasteiger partial charge < -0.3 is 16.4 Å². The van der Waals surface area contributed by atoms with Crippen molar-refractivity contribution < 1.29 is 4.79 Å². The second-order valence-corrected chi connectivity index (χ2v) is 5.19. The van der Waals surface area contributed by atoms with Gasteiger partial charge in [0.25, 0.3) is 0 Å². The molecule has 1 fully saturated rings. The van der Waals surface area contributed by atoms with E-state index >= 15 is 0 Å². The summed E-state index contributed by atoms with van der Waals surface area (Å²) in [4.78, 5) is 13.5. The Morgan fingerprint density at radius 2 is 2.11 bits per heavy atom. The number of benzene rings is 1. The first-order valence-electron chi connectivity index (χ1n) is 6.46. The highest BCUT2D eigenvalue weighted by Crippen LogP contribution is 2.32. The molecule has 1 aliphatic heterocycles. The molecule has 0 bridgehead atoms. The molecule has 1 aliphatic rings. The van der Waals surface area contributed by atoms with Crippen LogP contribution in [0.25, 0.3) is 0 Å². The second-order valence-electron chi connectivity index (χ2n) is 5.19. The van der Waals surface area contributed by atoms with Gasteiger partial charge in [0, 0.05) is 18.2 Å². The lowest BCUT2D eigenvalue weighted by molar-refractivity contribution is 0.100. The van der Waals surface area contributed by atoms with Gasteiger partial charge in [-0.15, -0.1) is 0 Å². The molecule has 1 amide bonds. The average Bonchev–Trinajstić information content (AvgIpc) is 2.33. The maximum Gasteiger partial charge on any atom is 0.248 e. The molecule has 2 unspecified atom stereocenters. The zero-order chi connectivity index (χ0) is 13.3. The SMILES string of the molecule is CC1CCCN(c2cc(C(N)=O)ccc2N)C1C. The van der Waals surface area contributed by atoms with E-state index in [-0.39, 0.29) is 0 Å². The van der Waals surface area contributed by atoms with E-state index in [2.05, 4.69) is 18.7 Å². The number of nitrogens with zero attached hydrogens (tertiary/aromatic N) is 1. The van der Waals surface area contributed by atoms with E-state index in [1.165, 1.54) is 6.42 Å². The maximum absolute atomic E-state index is 11.3. The maximum atomic E-state index is 11.3. The standard InChI is InChI=1S/C14H21N3O/c1-9-4-3-7-17(10(9)2)13-8-11(14(16)18)5-6-12(13)15/h5-6,8-10H,3-4,7,15H2,1-2H3,(H2,16,18). The largest absolute Gasteiger partial charge is 0.397 e. The lowest BCUT2D eigenvalue weighted by Crippen LogP contribution is -2.42. The van der Waals surface area contributed by atoms with Crippen LogP contribution in [0.5, 0.6) is 0 Å². The zero-order valence-corrected chi connectivity index (χ0v) is 11.0. The van der Waals surface area contributed by atoms with Crippen LogP contribution in [0.4, 0.5) is 11.4 Å². The number of anilines is 2. The number of nitrogen functional groups attached to an aromatic ring is 1. The van der Waals surface area contributed by atoms with Crippen LogP contribution < -0.4 is 16.4 Å². The van der Waals surface area contributed by atoms with Crippen molar-refractivity contribution in [2.24, 2.45) is 11.7 Å². The quantitative estimate of drug-likeness (QED) is 0.785. The van der Waals surface area contributed by atoms with Crippen molar-refractivity contribution in [3.8, 4) is 0 Å². The zero-order valence-electron chi connectivity index (χ0n) is 11.0. The van der Waals surface area contributed by atoms with Gasteiger partial charge in [-0.05, 0) is 43.9 Å². The summed E-state index contributed by atoms with van der Waals surface area (Å²) in [7, 11) is 0. The van der Waals surface area contributed by atoms with Crippen LogP contribution in [-0.4, -0.2) is 18.5 Å². The van der Waals surface area contributed by atoms with Crippen molar-refractivity contribution in [2.45, 2.75) is 32.7 Å². The van der Waals surface area contributed by atoms with Gasteiger partial charge in [-0.3, -0.25) is 4.79 Å². The summed E-state index contributed by atoms with van der Waals surface area (Å²) in [5.41, 5.74) is 13.5. The van der Waals surface area contributed by atoms with E-state index in [1.54, 1.807) is 12.1 Å². The first-order valence-corrected chi connectivity index (χ1v) is 6.46. The Hall–Kier alpha value is -1.71. The van der Waals surface area contributed by atoms with Gasteiger partial charge in [-0.25, -0.2) is 0 Å². The molecule has 2 atom stereocenters. The third-order valence-corrected chi connectivity index (χ3v) is 4.00. The Bertz CT molecular complexity index is 458. The Balaban J connectivity index is 2.37. The fourth-order valence-corrected chi connectivity index (χ4v) is 2.62. The molecule has 0 radical (unpaired) electrons. The van der Waals surface area contributed by atoms with E-state index < -0.39 is 5.91 Å². The molecule has 0 aliphatic carbocycles. The molecular weight excluding hydrogens is 226 g/mol. The summed E-state index contributed by atoms with van der Waals surface area (Å²) in [6, 6.07) is 5.69. The van der Waals surface area contributed by atoms with Gasteiger partial charge >= 0.3 is 0 Å². The van der Waals surface area contributed by atoms with E-state index in [4.69, 9.17) is 11.5 Å². The smallest absolute Gasteiger partial charge is 0.248 e. The number of hydrogen-bond donors (Lipinski definition) is 2. The number of rotatable bonds is 2. The minimum atomic E-state index is -0.408. The molecular formula is C14H21N3O. The lowest BCUT2D eigenvalue weighted by atomic mass is 9.91. The second kappa shape index (κ2) is 4.88. The predicted octanol–water partition coefficient (Wildman–Crippen LogP) is 1.99. The van der Waals surface area contributed by atoms with Crippen LogP contribution in [0.3, 0.4) is 0 Å². The van der Waals surface area contributed by atoms with Crippen molar-refractivity contribution in [3.63, 3.8) is 0 Å². The molecule has 0 saturated carbocycles. The van der Waals surface area contributed by atoms with Gasteiger partial charge in [-0.2, -0.15) is 0 Å². The molecule has 1 heterocycles. The molecule has 1 aromatic rings. The van der Waals surface area contributed by atoms with Crippen molar-refractivity contribution in [1.29, 1.82) is 0 Å². The van der Waals surface area contributed by atoms with Crippen LogP contribution in [-0.2, 0) is 0 Å². The van der Waals surface area contributed by atoms with Crippen molar-refractivity contribution >= 4 is 17.3 Å². The average molecular weight is 247 g/mol. The van der Waals surface area contributed by atoms with Gasteiger partial charge in [-0.1, -0.05) is 6.92 Å². The first-order chi connectivity index (χ1) is 8.50. The lowest BCUT2D eigenvalue weighted by Gasteiger charge is -2.40. The molecule has 4 nitrogen and oxygen atoms in total. The Morgan fingerprint density at radius 1 is 1.39 bits per heavy atom. The van der Waals surface area contributed by atoms with Crippen molar-refractivity contribution in [2.75, 3.05) is 17.2 Å². The molecule has 2 rings (SSSR count). The summed E-state index contributed by atoms with van der Waals surface area (Å²) in [5, 5.41) is 0. The highest BCUT2D eigenvalue weighted by atomic mass is 16.1. The molecule has 1 saturated heterocycles. The normalized spacial score (nSPS) is 24.0. The predicted molar refractivity (Wildman–Crippen MR) is 74.6 cm³/mol. The third-order valence-electron chi connectivity index (χ3n) is 4.00. The van der Waals surface area contributed by atoms with Crippen molar-refractivity contribution in [3.05, 3.63) is 23.8 Å². The summed E-state index contributed by atoms with van der Waals surface area (Å²) < 4.78 is 0. The highest BCUT2D eigenvalue weighted by molar-refractivity contribution is 5.95. The number of hydrogen-bond acceptors (Lipinski definition) is 3. The minimum absolute atomic E-state index is 0.408. The molecule has 0 spiro atoms. The van der Waals surface area contributed by atoms with Gasteiger partial charge in [0.15, 0.2) is 0 Å². The van der Waals surface area contributed by atoms with E-state index in [0.29, 0.717) is 23.2 Å². The summed E-state index contributed by atoms with van der Waals surface area (Å²) in [6.45, 7) is 5.45. The molecule has 4 N–H and O–H groups in total. The van der Waals surface area contributed by atoms with Crippen molar-refractivity contribution in [1.82, 2.24) is 0 Å². The third kappa shape index (κ3) is 2.28. The van der Waals surface area contributed by atoms with Crippen LogP contribution in [0.1, 0.15) is 37.0 Å². The van der Waals surface area contributed by atoms with Crippen LogP contribution in [0.15, 0.2) is 18.2 Å². The number of amides is 1. The Morgan fingerprint density at radius 3 is 2.78 bits per heavy atom. The number of carbonyl (C=O) groups is 1. The number of nitrogens with two attached hydrogens (primary N) is 2. The molecule has 4 heteroatoms. The summed E-state index contributed by atoms with van der Waals surface area (Å²) in [6.07, 6.45) is 2.40. The Labute approximate surface area is 108 Å². The van der Waals surface area contributed by atoms with Gasteiger partial charge in [0.2, 0.25) is 5.91 Å². The van der Waals surface area contributed by atoms with E-state index in [9.17, 15) is 4.79 Å². The topological polar surface area (TPSA) is 72.3 Å². The number of primary amides is 1. The minimum Gasteiger partial charge on any atom is -0.397 e. The van der Waals surface area contributed by atoms with Crippen LogP contribution >= 0.6 is 0 Å². The summed E-state index contributed by atoms with van der Waals surface area (Å²) in [5.74, 6) is 0.226. The fraction of sp³-hybridized carbons (Fsp3) is 0.500. The van der Waals surface area contributed by atoms with E-state index in [0.717, 1.165) is 18.7 Å². The highest BCUT2D eigenvalue weighted by Gasteiger charge is 2.26. The molecule has 98 valence electrons. The van der Waals surface area contributed by atoms with Gasteiger partial charge in [0.05, 0.1) is 11.4 Å². The summed E-state index contributed by atoms with van der Waals surface area (Å²) >= 11 is 0. The van der Waals surface area contributed by atoms with E-state index in [1.807, 2.05) is 6.07 Å². The van der Waals surface area contributed by atoms with Gasteiger partial charge in [0.1, 0.15) is 0 Å². The molecule has 1 aromatic carbocycles. The molecule has 18 heavy (non-hydrogen) atoms. The van der Waals surface area contributed by atoms with Crippen LogP contribution in [0, 0.1) is 5.92 Å². The fourth-order valence-electron chi connectivity index (χ4n) is 2.62. The molecule has 0 aromatic heterocycles. The number of carbonyl (C=O) groups excluding carboxylic acids is 1. The van der Waals surface area contributed by atoms with Crippen LogP contribution in [0.2, 0.25) is 0 Å². The monoisotopic (exact) mass is 247 g/mol. The number of piperidine rings is 1. The Kier molecular flexibility index (Phi) is 3.45.